The number of urea groups is 1. The third-order valence-corrected chi connectivity index (χ3v) is 8.06. The number of aromatic nitrogens is 2. The predicted molar refractivity (Wildman–Crippen MR) is 128 cm³/mol. The van der Waals surface area contributed by atoms with E-state index in [-0.39, 0.29) is 35.3 Å². The van der Waals surface area contributed by atoms with E-state index in [9.17, 15) is 13.2 Å². The first-order valence-corrected chi connectivity index (χ1v) is 12.7. The number of amides is 2. The Labute approximate surface area is 199 Å². The van der Waals surface area contributed by atoms with Gasteiger partial charge in [-0.05, 0) is 53.2 Å². The fourth-order valence-corrected chi connectivity index (χ4v) is 5.71. The molecule has 2 aliphatic heterocycles. The van der Waals surface area contributed by atoms with Gasteiger partial charge in [-0.1, -0.05) is 12.1 Å². The molecule has 0 radical (unpaired) electrons. The normalized spacial score (nSPS) is 18.9. The molecule has 0 saturated carbocycles. The summed E-state index contributed by atoms with van der Waals surface area (Å²) in [7, 11) is -1.74. The van der Waals surface area contributed by atoms with Crippen molar-refractivity contribution in [1.29, 1.82) is 0 Å². The van der Waals surface area contributed by atoms with E-state index < -0.39 is 9.84 Å². The average Bonchev–Trinajstić information content (AvgIpc) is 2.79. The van der Waals surface area contributed by atoms with Crippen LogP contribution in [0, 0.1) is 0 Å². The Bertz CT molecular complexity index is 1380. The molecule has 2 aromatic carbocycles. The number of anilines is 4. The number of sulfone groups is 1. The minimum absolute atomic E-state index is 0.0579. The number of benzene rings is 2. The van der Waals surface area contributed by atoms with Crippen molar-refractivity contribution in [3.8, 4) is 5.75 Å². The van der Waals surface area contributed by atoms with E-state index in [1.54, 1.807) is 30.3 Å². The van der Waals surface area contributed by atoms with Crippen LogP contribution in [0.4, 0.5) is 27.9 Å². The van der Waals surface area contributed by atoms with E-state index in [1.807, 2.05) is 31.2 Å². The van der Waals surface area contributed by atoms with Crippen molar-refractivity contribution in [2.45, 2.75) is 17.9 Å². The highest BCUT2D eigenvalue weighted by atomic mass is 79.9. The summed E-state index contributed by atoms with van der Waals surface area (Å²) in [5.74, 6) is 1.02. The smallest absolute Gasteiger partial charge is 0.330 e. The zero-order valence-corrected chi connectivity index (χ0v) is 20.2. The molecule has 3 heterocycles. The number of nitrogens with zero attached hydrogens (tertiary/aromatic N) is 4. The summed E-state index contributed by atoms with van der Waals surface area (Å²) < 4.78 is 31.0. The minimum atomic E-state index is -3.40. The van der Waals surface area contributed by atoms with Crippen LogP contribution in [0.3, 0.4) is 0 Å². The van der Waals surface area contributed by atoms with Gasteiger partial charge in [0.2, 0.25) is 5.95 Å². The first kappa shape index (κ1) is 21.7. The molecular formula is C22H20BrN5O4S. The van der Waals surface area contributed by atoms with Crippen molar-refractivity contribution in [1.82, 2.24) is 9.97 Å². The van der Waals surface area contributed by atoms with Crippen LogP contribution in [0.25, 0.3) is 0 Å². The fourth-order valence-electron chi connectivity index (χ4n) is 3.97. The van der Waals surface area contributed by atoms with Gasteiger partial charge in [-0.15, -0.1) is 0 Å². The Morgan fingerprint density at radius 1 is 1.21 bits per heavy atom. The van der Waals surface area contributed by atoms with Gasteiger partial charge in [-0.3, -0.25) is 9.80 Å². The fraction of sp³-hybridized carbons (Fsp3) is 0.227. The molecule has 0 unspecified atom stereocenters. The first-order valence-electron chi connectivity index (χ1n) is 10.2. The summed E-state index contributed by atoms with van der Waals surface area (Å²) in [4.78, 5) is 25.5. The summed E-state index contributed by atoms with van der Waals surface area (Å²) in [6.45, 7) is 2.07. The highest BCUT2D eigenvalue weighted by Crippen LogP contribution is 2.40. The SMILES string of the molecule is C[C@H]1c2cnc(Nc3ccc4c(c3)S(=O)(=O)CCO4)nc2N(C)C(=O)N1c1ccccc1Br. The third-order valence-electron chi connectivity index (χ3n) is 5.70. The summed E-state index contributed by atoms with van der Waals surface area (Å²) in [5.41, 5.74) is 2.06. The number of para-hydroxylation sites is 1. The molecule has 0 bridgehead atoms. The number of carbonyl (C=O) groups is 1. The molecule has 9 nitrogen and oxygen atoms in total. The quantitative estimate of drug-likeness (QED) is 0.539. The van der Waals surface area contributed by atoms with E-state index in [2.05, 4.69) is 31.2 Å². The van der Waals surface area contributed by atoms with Gasteiger partial charge in [0.05, 0.1) is 17.5 Å². The second-order valence-electron chi connectivity index (χ2n) is 7.77. The molecule has 1 N–H and O–H groups in total. The Morgan fingerprint density at radius 3 is 2.79 bits per heavy atom. The molecule has 0 aliphatic carbocycles. The summed E-state index contributed by atoms with van der Waals surface area (Å²) in [6.07, 6.45) is 1.68. The first-order chi connectivity index (χ1) is 15.8. The van der Waals surface area contributed by atoms with Crippen LogP contribution >= 0.6 is 15.9 Å². The zero-order valence-electron chi connectivity index (χ0n) is 17.8. The Kier molecular flexibility index (Phi) is 5.25. The number of rotatable bonds is 3. The van der Waals surface area contributed by atoms with Crippen LogP contribution < -0.4 is 19.9 Å². The van der Waals surface area contributed by atoms with Crippen LogP contribution in [0.2, 0.25) is 0 Å². The molecule has 0 spiro atoms. The standard InChI is InChI=1S/C22H20BrN5O4S/c1-13-15-12-24-21(25-14-7-8-18-19(11-14)33(30,31)10-9-32-18)26-20(15)27(2)22(29)28(13)17-6-4-3-5-16(17)23/h3-8,11-13H,9-10H2,1-2H3,(H,24,25,26)/t13-/m0/s1. The summed E-state index contributed by atoms with van der Waals surface area (Å²) in [6, 6.07) is 11.9. The molecular weight excluding hydrogens is 510 g/mol. The Balaban J connectivity index is 1.48. The molecule has 3 aromatic rings. The van der Waals surface area contributed by atoms with Crippen LogP contribution in [-0.2, 0) is 9.84 Å². The van der Waals surface area contributed by atoms with Crippen LogP contribution in [0.1, 0.15) is 18.5 Å². The van der Waals surface area contributed by atoms with Crippen molar-refractivity contribution < 1.29 is 17.9 Å². The van der Waals surface area contributed by atoms with Crippen molar-refractivity contribution in [2.24, 2.45) is 0 Å². The highest BCUT2D eigenvalue weighted by molar-refractivity contribution is 9.10. The van der Waals surface area contributed by atoms with Gasteiger partial charge in [-0.2, -0.15) is 4.98 Å². The second-order valence-corrected chi connectivity index (χ2v) is 10.7. The molecule has 1 aromatic heterocycles. The lowest BCUT2D eigenvalue weighted by atomic mass is 10.1. The van der Waals surface area contributed by atoms with Crippen molar-refractivity contribution in [3.63, 3.8) is 0 Å². The Hall–Kier alpha value is -3.18. The van der Waals surface area contributed by atoms with Crippen LogP contribution in [-0.4, -0.2) is 43.8 Å². The Morgan fingerprint density at radius 2 is 2.00 bits per heavy atom. The van der Waals surface area contributed by atoms with E-state index in [1.165, 1.54) is 11.0 Å². The van der Waals surface area contributed by atoms with Gasteiger partial charge < -0.3 is 10.1 Å². The topological polar surface area (TPSA) is 105 Å². The van der Waals surface area contributed by atoms with Crippen molar-refractivity contribution in [3.05, 3.63) is 58.7 Å². The molecule has 0 fully saturated rings. The van der Waals surface area contributed by atoms with Gasteiger partial charge in [0.1, 0.15) is 23.1 Å². The number of fused-ring (bicyclic) bond motifs is 2. The summed E-state index contributed by atoms with van der Waals surface area (Å²) in [5, 5.41) is 3.04. The van der Waals surface area contributed by atoms with Gasteiger partial charge in [-0.25, -0.2) is 18.2 Å². The van der Waals surface area contributed by atoms with E-state index in [4.69, 9.17) is 4.74 Å². The number of hydrogen-bond donors (Lipinski definition) is 1. The van der Waals surface area contributed by atoms with E-state index in [0.29, 0.717) is 17.3 Å². The molecule has 1 atom stereocenters. The maximum atomic E-state index is 13.2. The van der Waals surface area contributed by atoms with Crippen molar-refractivity contribution >= 4 is 54.9 Å². The maximum Gasteiger partial charge on any atom is 0.330 e. The van der Waals surface area contributed by atoms with Gasteiger partial charge in [0.25, 0.3) is 0 Å². The number of hydrogen-bond acceptors (Lipinski definition) is 7. The second kappa shape index (κ2) is 7.99. The lowest BCUT2D eigenvalue weighted by Crippen LogP contribution is -2.48. The monoisotopic (exact) mass is 529 g/mol. The molecule has 2 amide bonds. The van der Waals surface area contributed by atoms with Crippen LogP contribution in [0.5, 0.6) is 5.75 Å². The number of ether oxygens (including phenoxy) is 1. The molecule has 11 heteroatoms. The molecule has 5 rings (SSSR count). The van der Waals surface area contributed by atoms with E-state index >= 15 is 0 Å². The maximum absolute atomic E-state index is 13.2. The minimum Gasteiger partial charge on any atom is -0.491 e. The lowest BCUT2D eigenvalue weighted by Gasteiger charge is -2.39. The number of nitrogens with one attached hydrogen (secondary N) is 1. The third kappa shape index (κ3) is 3.70. The van der Waals surface area contributed by atoms with E-state index in [0.717, 1.165) is 15.7 Å². The summed E-state index contributed by atoms with van der Waals surface area (Å²) >= 11 is 3.52. The largest absolute Gasteiger partial charge is 0.491 e. The van der Waals surface area contributed by atoms with Crippen LogP contribution in [0.15, 0.2) is 58.0 Å². The lowest BCUT2D eigenvalue weighted by molar-refractivity contribution is 0.249. The van der Waals surface area contributed by atoms with Gasteiger partial charge in [0.15, 0.2) is 9.84 Å². The van der Waals surface area contributed by atoms with Gasteiger partial charge in [0, 0.05) is 29.0 Å². The molecule has 2 aliphatic rings. The van der Waals surface area contributed by atoms with Gasteiger partial charge >= 0.3 is 6.03 Å². The van der Waals surface area contributed by atoms with Crippen molar-refractivity contribution in [2.75, 3.05) is 34.5 Å². The zero-order chi connectivity index (χ0) is 23.3. The predicted octanol–water partition coefficient (Wildman–Crippen LogP) is 4.29. The molecule has 0 saturated heterocycles. The number of halogens is 1. The molecule has 33 heavy (non-hydrogen) atoms. The molecule has 170 valence electrons. The highest BCUT2D eigenvalue weighted by Gasteiger charge is 2.37. The average molecular weight is 530 g/mol. The number of carbonyl (C=O) groups excluding carboxylic acids is 1.